The highest BCUT2D eigenvalue weighted by molar-refractivity contribution is 4.95. The molecule has 0 amide bonds. The van der Waals surface area contributed by atoms with Crippen LogP contribution < -0.4 is 0 Å². The Hall–Kier alpha value is -0.340. The van der Waals surface area contributed by atoms with Crippen LogP contribution in [0.5, 0.6) is 0 Å². The monoisotopic (exact) mass is 240 g/mol. The van der Waals surface area contributed by atoms with Gasteiger partial charge >= 0.3 is 0 Å². The summed E-state index contributed by atoms with van der Waals surface area (Å²) in [5, 5.41) is 0. The Labute approximate surface area is 109 Å². The second-order valence-electron chi connectivity index (χ2n) is 4.94. The summed E-state index contributed by atoms with van der Waals surface area (Å²) in [7, 11) is 4.33. The van der Waals surface area contributed by atoms with Gasteiger partial charge in [0.05, 0.1) is 0 Å². The maximum absolute atomic E-state index is 2.55. The molecular weight excluding hydrogens is 208 g/mol. The van der Waals surface area contributed by atoms with E-state index in [-0.39, 0.29) is 0 Å². The smallest absolute Gasteiger partial charge is 0.0167 e. The van der Waals surface area contributed by atoms with Gasteiger partial charge in [-0.2, -0.15) is 0 Å². The van der Waals surface area contributed by atoms with Gasteiger partial charge in [-0.3, -0.25) is 4.90 Å². The standard InChI is InChI=1S/C13H26N2.C2H6/c1-4-7-13(8-11-14(2)3)12-15-9-5-6-10-15;1-2/h5-6,13H,4,7-12H2,1-3H3;1-2H3. The molecule has 102 valence electrons. The van der Waals surface area contributed by atoms with Crippen LogP contribution in [-0.4, -0.2) is 50.1 Å². The van der Waals surface area contributed by atoms with Crippen molar-refractivity contribution in [2.24, 2.45) is 5.92 Å². The summed E-state index contributed by atoms with van der Waals surface area (Å²) in [6.45, 7) is 11.1. The zero-order valence-electron chi connectivity index (χ0n) is 12.6. The number of hydrogen-bond acceptors (Lipinski definition) is 2. The SMILES string of the molecule is CC.CCCC(CCN(C)C)CN1CC=CC1. The van der Waals surface area contributed by atoms with Crippen molar-refractivity contribution in [1.29, 1.82) is 0 Å². The van der Waals surface area contributed by atoms with Crippen molar-refractivity contribution in [3.8, 4) is 0 Å². The quantitative estimate of drug-likeness (QED) is 0.630. The topological polar surface area (TPSA) is 6.48 Å². The molecule has 1 unspecified atom stereocenters. The van der Waals surface area contributed by atoms with Crippen molar-refractivity contribution in [3.05, 3.63) is 12.2 Å². The van der Waals surface area contributed by atoms with Crippen LogP contribution >= 0.6 is 0 Å². The zero-order valence-corrected chi connectivity index (χ0v) is 12.6. The molecule has 0 aromatic heterocycles. The minimum atomic E-state index is 0.886. The molecule has 0 aliphatic carbocycles. The van der Waals surface area contributed by atoms with Crippen LogP contribution in [0.4, 0.5) is 0 Å². The van der Waals surface area contributed by atoms with Gasteiger partial charge in [0.1, 0.15) is 0 Å². The molecule has 0 N–H and O–H groups in total. The molecule has 0 bridgehead atoms. The fourth-order valence-corrected chi connectivity index (χ4v) is 2.21. The van der Waals surface area contributed by atoms with E-state index < -0.39 is 0 Å². The summed E-state index contributed by atoms with van der Waals surface area (Å²) in [6, 6.07) is 0. The van der Waals surface area contributed by atoms with Crippen molar-refractivity contribution in [2.45, 2.75) is 40.0 Å². The summed E-state index contributed by atoms with van der Waals surface area (Å²) >= 11 is 0. The predicted molar refractivity (Wildman–Crippen MR) is 78.5 cm³/mol. The molecule has 1 aliphatic heterocycles. The summed E-state index contributed by atoms with van der Waals surface area (Å²) in [6.07, 6.45) is 8.62. The average molecular weight is 240 g/mol. The van der Waals surface area contributed by atoms with Gasteiger partial charge in [-0.15, -0.1) is 0 Å². The van der Waals surface area contributed by atoms with Gasteiger partial charge in [-0.25, -0.2) is 0 Å². The van der Waals surface area contributed by atoms with Crippen LogP contribution in [0.1, 0.15) is 40.0 Å². The Morgan fingerprint density at radius 2 is 1.71 bits per heavy atom. The number of nitrogens with zero attached hydrogens (tertiary/aromatic N) is 2. The normalized spacial score (nSPS) is 17.1. The lowest BCUT2D eigenvalue weighted by Gasteiger charge is -2.24. The molecule has 0 aromatic rings. The van der Waals surface area contributed by atoms with Crippen molar-refractivity contribution >= 4 is 0 Å². The highest BCUT2D eigenvalue weighted by atomic mass is 15.1. The van der Waals surface area contributed by atoms with Crippen LogP contribution in [-0.2, 0) is 0 Å². The van der Waals surface area contributed by atoms with Gasteiger partial charge in [0, 0.05) is 19.6 Å². The first kappa shape index (κ1) is 16.7. The fourth-order valence-electron chi connectivity index (χ4n) is 2.21. The van der Waals surface area contributed by atoms with E-state index in [1.165, 1.54) is 45.4 Å². The third kappa shape index (κ3) is 8.39. The van der Waals surface area contributed by atoms with Gasteiger partial charge < -0.3 is 4.90 Å². The minimum Gasteiger partial charge on any atom is -0.309 e. The van der Waals surface area contributed by atoms with Crippen LogP contribution in [0.3, 0.4) is 0 Å². The van der Waals surface area contributed by atoms with E-state index in [4.69, 9.17) is 0 Å². The maximum Gasteiger partial charge on any atom is 0.0167 e. The summed E-state index contributed by atoms with van der Waals surface area (Å²) in [5.41, 5.74) is 0. The zero-order chi connectivity index (χ0) is 13.1. The lowest BCUT2D eigenvalue weighted by Crippen LogP contribution is -2.29. The van der Waals surface area contributed by atoms with E-state index in [0.29, 0.717) is 0 Å². The molecule has 1 heterocycles. The van der Waals surface area contributed by atoms with Crippen molar-refractivity contribution in [2.75, 3.05) is 40.3 Å². The molecular formula is C15H32N2. The highest BCUT2D eigenvalue weighted by Crippen LogP contribution is 2.15. The molecule has 2 nitrogen and oxygen atoms in total. The van der Waals surface area contributed by atoms with E-state index in [1.54, 1.807) is 0 Å². The fraction of sp³-hybridized carbons (Fsp3) is 0.867. The molecule has 17 heavy (non-hydrogen) atoms. The van der Waals surface area contributed by atoms with Crippen molar-refractivity contribution < 1.29 is 0 Å². The Bertz CT molecular complexity index is 179. The second-order valence-corrected chi connectivity index (χ2v) is 4.94. The summed E-state index contributed by atoms with van der Waals surface area (Å²) < 4.78 is 0. The Balaban J connectivity index is 0.00000121. The number of hydrogen-bond donors (Lipinski definition) is 0. The minimum absolute atomic E-state index is 0.886. The molecule has 0 radical (unpaired) electrons. The highest BCUT2D eigenvalue weighted by Gasteiger charge is 2.14. The van der Waals surface area contributed by atoms with Crippen LogP contribution in [0.25, 0.3) is 0 Å². The van der Waals surface area contributed by atoms with Crippen LogP contribution in [0.2, 0.25) is 0 Å². The van der Waals surface area contributed by atoms with Gasteiger partial charge in [-0.1, -0.05) is 39.3 Å². The Morgan fingerprint density at radius 3 is 2.18 bits per heavy atom. The molecule has 1 rings (SSSR count). The Kier molecular flexibility index (Phi) is 10.6. The molecule has 0 spiro atoms. The molecule has 0 aromatic carbocycles. The van der Waals surface area contributed by atoms with E-state index >= 15 is 0 Å². The van der Waals surface area contributed by atoms with Gasteiger partial charge in [0.2, 0.25) is 0 Å². The molecule has 0 saturated carbocycles. The van der Waals surface area contributed by atoms with E-state index in [2.05, 4.69) is 43.0 Å². The first-order valence-electron chi connectivity index (χ1n) is 7.24. The van der Waals surface area contributed by atoms with Gasteiger partial charge in [-0.05, 0) is 39.4 Å². The molecule has 0 saturated heterocycles. The lowest BCUT2D eigenvalue weighted by molar-refractivity contribution is 0.247. The van der Waals surface area contributed by atoms with Gasteiger partial charge in [0.15, 0.2) is 0 Å². The molecule has 1 aliphatic rings. The third-order valence-corrected chi connectivity index (χ3v) is 3.09. The lowest BCUT2D eigenvalue weighted by atomic mass is 9.99. The second kappa shape index (κ2) is 10.8. The van der Waals surface area contributed by atoms with Crippen molar-refractivity contribution in [3.63, 3.8) is 0 Å². The van der Waals surface area contributed by atoms with Gasteiger partial charge in [0.25, 0.3) is 0 Å². The van der Waals surface area contributed by atoms with Crippen molar-refractivity contribution in [1.82, 2.24) is 9.80 Å². The maximum atomic E-state index is 2.55. The van der Waals surface area contributed by atoms with E-state index in [0.717, 1.165) is 5.92 Å². The van der Waals surface area contributed by atoms with E-state index in [1.807, 2.05) is 13.8 Å². The predicted octanol–water partition coefficient (Wildman–Crippen LogP) is 3.25. The first-order chi connectivity index (χ1) is 8.22. The average Bonchev–Trinajstić information content (AvgIpc) is 2.82. The molecule has 1 atom stereocenters. The third-order valence-electron chi connectivity index (χ3n) is 3.09. The van der Waals surface area contributed by atoms with Crippen LogP contribution in [0, 0.1) is 5.92 Å². The molecule has 2 heteroatoms. The largest absolute Gasteiger partial charge is 0.309 e. The summed E-state index contributed by atoms with van der Waals surface area (Å²) in [4.78, 5) is 4.85. The Morgan fingerprint density at radius 1 is 1.12 bits per heavy atom. The van der Waals surface area contributed by atoms with E-state index in [9.17, 15) is 0 Å². The first-order valence-corrected chi connectivity index (χ1v) is 7.24. The number of rotatable bonds is 7. The van der Waals surface area contributed by atoms with Crippen LogP contribution in [0.15, 0.2) is 12.2 Å². The summed E-state index contributed by atoms with van der Waals surface area (Å²) in [5.74, 6) is 0.886. The molecule has 0 fully saturated rings.